The highest BCUT2D eigenvalue weighted by Crippen LogP contribution is 2.16. The van der Waals surface area contributed by atoms with Crippen LogP contribution >= 0.6 is 0 Å². The first kappa shape index (κ1) is 25.0. The summed E-state index contributed by atoms with van der Waals surface area (Å²) < 4.78 is 31.9. The van der Waals surface area contributed by atoms with Crippen LogP contribution < -0.4 is 10.6 Å². The molecule has 1 aliphatic heterocycles. The summed E-state index contributed by atoms with van der Waals surface area (Å²) in [6, 6.07) is 4.29. The fraction of sp³-hybridized carbons (Fsp3) is 0.636. The molecule has 0 spiro atoms. The summed E-state index contributed by atoms with van der Waals surface area (Å²) in [4.78, 5) is 20.1. The number of hydrogen-bond donors (Lipinski definition) is 2. The Morgan fingerprint density at radius 2 is 2.00 bits per heavy atom. The van der Waals surface area contributed by atoms with Gasteiger partial charge in [-0.05, 0) is 43.9 Å². The van der Waals surface area contributed by atoms with Crippen LogP contribution in [0, 0.1) is 11.6 Å². The van der Waals surface area contributed by atoms with Crippen molar-refractivity contribution in [1.29, 1.82) is 0 Å². The first-order valence-electron chi connectivity index (χ1n) is 10.9. The van der Waals surface area contributed by atoms with Gasteiger partial charge in [-0.15, -0.1) is 0 Å². The smallest absolute Gasteiger partial charge is 0.243 e. The third-order valence-corrected chi connectivity index (χ3v) is 5.15. The van der Waals surface area contributed by atoms with Gasteiger partial charge >= 0.3 is 0 Å². The largest absolute Gasteiger partial charge is 0.382 e. The Labute approximate surface area is 183 Å². The SMILES string of the molecule is CCOCCCNC(=NCC(=O)N(C)C)NC1CCN(Cc2ccc(F)c(F)c2)CC1. The topological polar surface area (TPSA) is 69.2 Å². The summed E-state index contributed by atoms with van der Waals surface area (Å²) in [6.45, 7) is 6.40. The maximum absolute atomic E-state index is 13.4. The zero-order chi connectivity index (χ0) is 22.6. The first-order valence-corrected chi connectivity index (χ1v) is 10.9. The van der Waals surface area contributed by atoms with E-state index in [1.807, 2.05) is 6.92 Å². The lowest BCUT2D eigenvalue weighted by Crippen LogP contribution is -2.49. The molecule has 0 aliphatic carbocycles. The number of likely N-dealkylation sites (tertiary alicyclic amines) is 1. The van der Waals surface area contributed by atoms with Gasteiger partial charge in [-0.2, -0.15) is 0 Å². The van der Waals surface area contributed by atoms with Gasteiger partial charge in [0.15, 0.2) is 17.6 Å². The molecule has 7 nitrogen and oxygen atoms in total. The van der Waals surface area contributed by atoms with Crippen LogP contribution in [0.2, 0.25) is 0 Å². The number of ether oxygens (including phenoxy) is 1. The minimum atomic E-state index is -0.819. The molecule has 1 aromatic rings. The normalized spacial score (nSPS) is 15.7. The van der Waals surface area contributed by atoms with Crippen LogP contribution in [0.25, 0.3) is 0 Å². The molecule has 1 amide bonds. The van der Waals surface area contributed by atoms with Crippen molar-refractivity contribution < 1.29 is 18.3 Å². The molecule has 2 N–H and O–H groups in total. The molecule has 0 aromatic heterocycles. The summed E-state index contributed by atoms with van der Waals surface area (Å²) in [6.07, 6.45) is 2.64. The Kier molecular flexibility index (Phi) is 10.7. The van der Waals surface area contributed by atoms with Gasteiger partial charge < -0.3 is 20.3 Å². The average molecular weight is 440 g/mol. The highest BCUT2D eigenvalue weighted by Gasteiger charge is 2.20. The maximum atomic E-state index is 13.4. The van der Waals surface area contributed by atoms with Crippen molar-refractivity contribution in [1.82, 2.24) is 20.4 Å². The Morgan fingerprint density at radius 1 is 1.26 bits per heavy atom. The standard InChI is InChI=1S/C22H35F2N5O2/c1-4-31-13-5-10-25-22(26-15-21(30)28(2)3)27-18-8-11-29(12-9-18)16-17-6-7-19(23)20(24)14-17/h6-7,14,18H,4-5,8-13,15-16H2,1-3H3,(H2,25,26,27). The number of nitrogens with one attached hydrogen (secondary N) is 2. The monoisotopic (exact) mass is 439 g/mol. The Balaban J connectivity index is 1.83. The summed E-state index contributed by atoms with van der Waals surface area (Å²) in [5.74, 6) is -1.06. The summed E-state index contributed by atoms with van der Waals surface area (Å²) >= 11 is 0. The zero-order valence-electron chi connectivity index (χ0n) is 18.8. The highest BCUT2D eigenvalue weighted by atomic mass is 19.2. The molecule has 0 bridgehead atoms. The van der Waals surface area contributed by atoms with Crippen LogP contribution in [0.1, 0.15) is 31.7 Å². The van der Waals surface area contributed by atoms with Crippen LogP contribution in [0.5, 0.6) is 0 Å². The zero-order valence-corrected chi connectivity index (χ0v) is 18.8. The lowest BCUT2D eigenvalue weighted by Gasteiger charge is -2.33. The number of hydrogen-bond acceptors (Lipinski definition) is 4. The quantitative estimate of drug-likeness (QED) is 0.332. The Bertz CT molecular complexity index is 722. The van der Waals surface area contributed by atoms with Crippen LogP contribution in [-0.2, 0) is 16.1 Å². The molecule has 1 heterocycles. The van der Waals surface area contributed by atoms with E-state index in [-0.39, 0.29) is 18.5 Å². The molecule has 2 rings (SSSR count). The molecule has 174 valence electrons. The molecule has 1 saturated heterocycles. The Morgan fingerprint density at radius 3 is 2.65 bits per heavy atom. The van der Waals surface area contributed by atoms with Crippen molar-refractivity contribution in [3.8, 4) is 0 Å². The van der Waals surface area contributed by atoms with Gasteiger partial charge in [-0.25, -0.2) is 13.8 Å². The molecule has 0 saturated carbocycles. The second-order valence-corrected chi connectivity index (χ2v) is 7.87. The number of rotatable bonds is 10. The molecule has 0 atom stereocenters. The molecule has 1 aliphatic rings. The number of carbonyl (C=O) groups excluding carboxylic acids is 1. The molecule has 0 radical (unpaired) electrons. The van der Waals surface area contributed by atoms with Crippen LogP contribution in [-0.4, -0.2) is 81.2 Å². The van der Waals surface area contributed by atoms with E-state index in [9.17, 15) is 13.6 Å². The maximum Gasteiger partial charge on any atom is 0.243 e. The number of likely N-dealkylation sites (N-methyl/N-ethyl adjacent to an activating group) is 1. The second-order valence-electron chi connectivity index (χ2n) is 7.87. The van der Waals surface area contributed by atoms with E-state index in [0.29, 0.717) is 32.3 Å². The molecule has 0 unspecified atom stereocenters. The van der Waals surface area contributed by atoms with Crippen LogP contribution in [0.4, 0.5) is 8.78 Å². The number of guanidine groups is 1. The van der Waals surface area contributed by atoms with E-state index in [1.165, 1.54) is 17.0 Å². The van der Waals surface area contributed by atoms with E-state index in [0.717, 1.165) is 37.9 Å². The van der Waals surface area contributed by atoms with E-state index < -0.39 is 11.6 Å². The van der Waals surface area contributed by atoms with Gasteiger partial charge in [0, 0.05) is 59.5 Å². The number of aliphatic imine (C=N–C) groups is 1. The fourth-order valence-electron chi connectivity index (χ4n) is 3.29. The molecular weight excluding hydrogens is 404 g/mol. The predicted molar refractivity (Wildman–Crippen MR) is 118 cm³/mol. The minimum Gasteiger partial charge on any atom is -0.382 e. The van der Waals surface area contributed by atoms with Gasteiger partial charge in [-0.1, -0.05) is 6.07 Å². The average Bonchev–Trinajstić information content (AvgIpc) is 2.75. The lowest BCUT2D eigenvalue weighted by molar-refractivity contribution is -0.127. The van der Waals surface area contributed by atoms with Gasteiger partial charge in [0.1, 0.15) is 6.54 Å². The number of carbonyl (C=O) groups is 1. The molecule has 9 heteroatoms. The number of benzene rings is 1. The van der Waals surface area contributed by atoms with Crippen molar-refractivity contribution in [3.05, 3.63) is 35.4 Å². The molecule has 1 fully saturated rings. The number of piperidine rings is 1. The van der Waals surface area contributed by atoms with Crippen molar-refractivity contribution in [2.75, 3.05) is 53.5 Å². The van der Waals surface area contributed by atoms with E-state index in [4.69, 9.17) is 4.74 Å². The third kappa shape index (κ3) is 9.18. The van der Waals surface area contributed by atoms with Gasteiger partial charge in [-0.3, -0.25) is 9.69 Å². The van der Waals surface area contributed by atoms with Gasteiger partial charge in [0.05, 0.1) is 0 Å². The third-order valence-electron chi connectivity index (χ3n) is 5.15. The molecular formula is C22H35F2N5O2. The minimum absolute atomic E-state index is 0.0586. The lowest BCUT2D eigenvalue weighted by atomic mass is 10.0. The molecule has 31 heavy (non-hydrogen) atoms. The predicted octanol–water partition coefficient (Wildman–Crippen LogP) is 1.98. The van der Waals surface area contributed by atoms with E-state index in [2.05, 4.69) is 20.5 Å². The van der Waals surface area contributed by atoms with Crippen molar-refractivity contribution in [2.24, 2.45) is 4.99 Å². The van der Waals surface area contributed by atoms with Crippen molar-refractivity contribution in [2.45, 2.75) is 38.8 Å². The van der Waals surface area contributed by atoms with E-state index >= 15 is 0 Å². The number of nitrogens with zero attached hydrogens (tertiary/aromatic N) is 3. The first-order chi connectivity index (χ1) is 14.9. The van der Waals surface area contributed by atoms with Crippen molar-refractivity contribution >= 4 is 11.9 Å². The molecule has 1 aromatic carbocycles. The summed E-state index contributed by atoms with van der Waals surface area (Å²) in [7, 11) is 3.42. The van der Waals surface area contributed by atoms with Crippen LogP contribution in [0.3, 0.4) is 0 Å². The Hall–Kier alpha value is -2.26. The van der Waals surface area contributed by atoms with E-state index in [1.54, 1.807) is 20.2 Å². The second kappa shape index (κ2) is 13.2. The summed E-state index contributed by atoms with van der Waals surface area (Å²) in [5, 5.41) is 6.71. The van der Waals surface area contributed by atoms with Gasteiger partial charge in [0.2, 0.25) is 5.91 Å². The summed E-state index contributed by atoms with van der Waals surface area (Å²) in [5.41, 5.74) is 0.769. The fourth-order valence-corrected chi connectivity index (χ4v) is 3.29. The highest BCUT2D eigenvalue weighted by molar-refractivity contribution is 5.84. The number of halogens is 2. The van der Waals surface area contributed by atoms with Crippen LogP contribution in [0.15, 0.2) is 23.2 Å². The van der Waals surface area contributed by atoms with Gasteiger partial charge in [0.25, 0.3) is 0 Å². The number of amides is 1. The van der Waals surface area contributed by atoms with Crippen molar-refractivity contribution in [3.63, 3.8) is 0 Å².